The molecule has 2 rings (SSSR count). The lowest BCUT2D eigenvalue weighted by Crippen LogP contribution is -2.35. The van der Waals surface area contributed by atoms with Gasteiger partial charge in [-0.05, 0) is 61.9 Å². The number of carbonyl (C=O) groups excluding carboxylic acids is 1. The summed E-state index contributed by atoms with van der Waals surface area (Å²) in [6, 6.07) is 8.31. The topological polar surface area (TPSA) is 50.8 Å². The van der Waals surface area contributed by atoms with Gasteiger partial charge in [-0.25, -0.2) is 0 Å². The number of aryl methyl sites for hydroxylation is 2. The van der Waals surface area contributed by atoms with Gasteiger partial charge >= 0.3 is 6.36 Å². The first kappa shape index (κ1) is 32.5. The number of hydrogen-bond acceptors (Lipinski definition) is 5. The van der Waals surface area contributed by atoms with Crippen molar-refractivity contribution in [2.75, 3.05) is 12.0 Å². The average molecular weight is 521 g/mol. The van der Waals surface area contributed by atoms with E-state index in [1.165, 1.54) is 13.0 Å². The standard InChI is InChI=1S/C21H24F4N2O3S.2C2H6/c1-13-6-5-7-16(19(13)20(28)26-15(3)12-31-4)11-27(25)30-18-9-8-17(10-14(18)2)29-21(22,23)24;2*1-2/h5-10,15H,11-12H2,1-4H3,(H,26,28);2*1-2H3/t15-;;/m0../s1. The van der Waals surface area contributed by atoms with Crippen molar-refractivity contribution in [1.82, 2.24) is 10.6 Å². The van der Waals surface area contributed by atoms with Crippen LogP contribution in [0.4, 0.5) is 17.7 Å². The van der Waals surface area contributed by atoms with Crippen molar-refractivity contribution < 1.29 is 32.0 Å². The molecular formula is C25H36F4N2O3S. The van der Waals surface area contributed by atoms with Crippen molar-refractivity contribution in [2.45, 2.75) is 67.4 Å². The first-order valence-electron chi connectivity index (χ1n) is 11.4. The number of benzene rings is 2. The van der Waals surface area contributed by atoms with Crippen LogP contribution in [-0.2, 0) is 6.54 Å². The molecule has 0 radical (unpaired) electrons. The molecule has 1 amide bonds. The number of thioether (sulfide) groups is 1. The molecule has 0 saturated carbocycles. The Kier molecular flexibility index (Phi) is 15.1. The molecule has 0 aromatic heterocycles. The van der Waals surface area contributed by atoms with Crippen molar-refractivity contribution >= 4 is 17.7 Å². The molecule has 5 nitrogen and oxygen atoms in total. The van der Waals surface area contributed by atoms with Gasteiger partial charge in [-0.15, -0.1) is 13.2 Å². The third-order valence-electron chi connectivity index (χ3n) is 4.25. The van der Waals surface area contributed by atoms with E-state index in [1.807, 2.05) is 40.9 Å². The normalized spacial score (nSPS) is 11.5. The van der Waals surface area contributed by atoms with Crippen LogP contribution in [0.15, 0.2) is 36.4 Å². The Hall–Kier alpha value is -2.46. The predicted molar refractivity (Wildman–Crippen MR) is 134 cm³/mol. The van der Waals surface area contributed by atoms with Crippen LogP contribution in [-0.4, -0.2) is 35.6 Å². The van der Waals surface area contributed by atoms with Crippen LogP contribution in [0.5, 0.6) is 11.5 Å². The summed E-state index contributed by atoms with van der Waals surface area (Å²) < 4.78 is 55.4. The molecule has 0 aliphatic heterocycles. The minimum atomic E-state index is -4.82. The van der Waals surface area contributed by atoms with Crippen LogP contribution in [0.25, 0.3) is 0 Å². The Bertz CT molecular complexity index is 911. The molecule has 0 aliphatic rings. The van der Waals surface area contributed by atoms with Crippen LogP contribution in [0.3, 0.4) is 0 Å². The fourth-order valence-electron chi connectivity index (χ4n) is 2.97. The lowest BCUT2D eigenvalue weighted by molar-refractivity contribution is -0.274. The zero-order valence-electron chi connectivity index (χ0n) is 21.5. The fourth-order valence-corrected chi connectivity index (χ4v) is 3.55. The second-order valence-electron chi connectivity index (χ2n) is 6.98. The van der Waals surface area contributed by atoms with Gasteiger partial charge in [0.25, 0.3) is 5.91 Å². The first-order chi connectivity index (χ1) is 16.5. The number of nitrogens with one attached hydrogen (secondary N) is 1. The Balaban J connectivity index is 0.00000274. The molecule has 0 aliphatic carbocycles. The maximum atomic E-state index is 14.5. The quantitative estimate of drug-likeness (QED) is 0.212. The van der Waals surface area contributed by atoms with E-state index in [0.717, 1.165) is 17.9 Å². The molecule has 2 aromatic carbocycles. The molecule has 0 heterocycles. The lowest BCUT2D eigenvalue weighted by Gasteiger charge is -2.19. The van der Waals surface area contributed by atoms with Crippen LogP contribution < -0.4 is 14.9 Å². The molecule has 0 fully saturated rings. The highest BCUT2D eigenvalue weighted by Gasteiger charge is 2.31. The van der Waals surface area contributed by atoms with E-state index in [0.29, 0.717) is 16.7 Å². The van der Waals surface area contributed by atoms with Gasteiger partial charge in [0.2, 0.25) is 0 Å². The zero-order valence-corrected chi connectivity index (χ0v) is 22.4. The van der Waals surface area contributed by atoms with Gasteiger partial charge < -0.3 is 14.9 Å². The molecular weight excluding hydrogens is 484 g/mol. The van der Waals surface area contributed by atoms with Crippen LogP contribution >= 0.6 is 11.8 Å². The number of alkyl halides is 3. The van der Waals surface area contributed by atoms with Crippen LogP contribution in [0.2, 0.25) is 0 Å². The summed E-state index contributed by atoms with van der Waals surface area (Å²) in [6.07, 6.45) is -2.89. The number of hydroxylamine groups is 1. The minimum Gasteiger partial charge on any atom is -0.406 e. The number of nitrogens with zero attached hydrogens (tertiary/aromatic N) is 1. The van der Waals surface area contributed by atoms with Crippen molar-refractivity contribution in [2.24, 2.45) is 0 Å². The highest BCUT2D eigenvalue weighted by Crippen LogP contribution is 2.29. The average Bonchev–Trinajstić information content (AvgIpc) is 2.77. The maximum Gasteiger partial charge on any atom is 0.573 e. The van der Waals surface area contributed by atoms with E-state index in [9.17, 15) is 22.4 Å². The summed E-state index contributed by atoms with van der Waals surface area (Å²) >= 11 is 1.60. The van der Waals surface area contributed by atoms with Gasteiger partial charge in [0, 0.05) is 22.6 Å². The summed E-state index contributed by atoms with van der Waals surface area (Å²) in [5.41, 5.74) is 1.69. The third kappa shape index (κ3) is 11.7. The second kappa shape index (κ2) is 16.3. The van der Waals surface area contributed by atoms with E-state index in [1.54, 1.807) is 36.9 Å². The Morgan fingerprint density at radius 2 is 1.71 bits per heavy atom. The smallest absolute Gasteiger partial charge is 0.406 e. The summed E-state index contributed by atoms with van der Waals surface area (Å²) in [5, 5.41) is 2.92. The summed E-state index contributed by atoms with van der Waals surface area (Å²) in [7, 11) is 0. The molecule has 0 saturated heterocycles. The number of rotatable bonds is 9. The molecule has 0 unspecified atom stereocenters. The summed E-state index contributed by atoms with van der Waals surface area (Å²) in [6.45, 7) is 12.7. The highest BCUT2D eigenvalue weighted by atomic mass is 32.2. The van der Waals surface area contributed by atoms with Crippen molar-refractivity contribution in [3.63, 3.8) is 0 Å². The number of carbonyl (C=O) groups is 1. The number of ether oxygens (including phenoxy) is 1. The van der Waals surface area contributed by atoms with E-state index >= 15 is 0 Å². The molecule has 10 heteroatoms. The van der Waals surface area contributed by atoms with E-state index in [2.05, 4.69) is 10.1 Å². The van der Waals surface area contributed by atoms with Gasteiger partial charge in [0.15, 0.2) is 5.75 Å². The third-order valence-corrected chi connectivity index (χ3v) is 5.09. The molecule has 1 N–H and O–H groups in total. The SMILES string of the molecule is CC.CC.CSC[C@H](C)NC(=O)c1c(C)cccc1CN(F)Oc1ccc(OC(F)(F)F)cc1C. The van der Waals surface area contributed by atoms with Crippen LogP contribution in [0, 0.1) is 13.8 Å². The molecule has 1 atom stereocenters. The van der Waals surface area contributed by atoms with Gasteiger partial charge in [-0.1, -0.05) is 50.4 Å². The van der Waals surface area contributed by atoms with Gasteiger partial charge in [0.05, 0.1) is 6.54 Å². The van der Waals surface area contributed by atoms with Crippen molar-refractivity contribution in [3.8, 4) is 11.5 Å². The number of halogens is 4. The van der Waals surface area contributed by atoms with Crippen LogP contribution in [0.1, 0.15) is 61.7 Å². The van der Waals surface area contributed by atoms with Crippen molar-refractivity contribution in [3.05, 3.63) is 58.7 Å². The fraction of sp³-hybridized carbons (Fsp3) is 0.480. The van der Waals surface area contributed by atoms with E-state index in [-0.39, 0.29) is 35.1 Å². The Morgan fingerprint density at radius 3 is 2.26 bits per heavy atom. The van der Waals surface area contributed by atoms with Gasteiger partial charge in [0.1, 0.15) is 5.75 Å². The van der Waals surface area contributed by atoms with Gasteiger partial charge in [-0.2, -0.15) is 11.8 Å². The monoisotopic (exact) mass is 520 g/mol. The molecule has 0 bridgehead atoms. The molecule has 35 heavy (non-hydrogen) atoms. The zero-order chi connectivity index (χ0) is 27.2. The first-order valence-corrected chi connectivity index (χ1v) is 12.8. The summed E-state index contributed by atoms with van der Waals surface area (Å²) in [4.78, 5) is 17.8. The molecule has 2 aromatic rings. The highest BCUT2D eigenvalue weighted by molar-refractivity contribution is 7.98. The Labute approximate surface area is 210 Å². The molecule has 198 valence electrons. The largest absolute Gasteiger partial charge is 0.573 e. The number of amides is 1. The predicted octanol–water partition coefficient (Wildman–Crippen LogP) is 7.42. The maximum absolute atomic E-state index is 14.5. The second-order valence-corrected chi connectivity index (χ2v) is 7.89. The van der Waals surface area contributed by atoms with Crippen molar-refractivity contribution in [1.29, 1.82) is 0 Å². The number of hydrogen-bond donors (Lipinski definition) is 1. The lowest BCUT2D eigenvalue weighted by atomic mass is 10.0. The van der Waals surface area contributed by atoms with Gasteiger partial charge in [-0.3, -0.25) is 4.79 Å². The minimum absolute atomic E-state index is 0.0178. The van der Waals surface area contributed by atoms with E-state index in [4.69, 9.17) is 4.84 Å². The summed E-state index contributed by atoms with van der Waals surface area (Å²) in [5.74, 6) is 0.00967. The Morgan fingerprint density at radius 1 is 1.09 bits per heavy atom. The van der Waals surface area contributed by atoms with E-state index < -0.39 is 12.1 Å². The molecule has 0 spiro atoms.